The normalized spacial score (nSPS) is 17.9. The third kappa shape index (κ3) is 3.97. The van der Waals surface area contributed by atoms with Crippen molar-refractivity contribution in [2.24, 2.45) is 0 Å². The van der Waals surface area contributed by atoms with Gasteiger partial charge in [0.15, 0.2) is 11.6 Å². The fourth-order valence-electron chi connectivity index (χ4n) is 2.84. The predicted octanol–water partition coefficient (Wildman–Crippen LogP) is 2.51. The number of benzene rings is 1. The molecule has 1 N–H and O–H groups in total. The average molecular weight is 333 g/mol. The van der Waals surface area contributed by atoms with E-state index in [0.717, 1.165) is 30.9 Å². The Hall–Kier alpha value is -2.28. The zero-order chi connectivity index (χ0) is 17.1. The maximum absolute atomic E-state index is 13.3. The molecule has 1 fully saturated rings. The summed E-state index contributed by atoms with van der Waals surface area (Å²) in [6.07, 6.45) is 2.71. The maximum atomic E-state index is 13.3. The molecule has 1 aromatic carbocycles. The second kappa shape index (κ2) is 7.09. The molecule has 128 valence electrons. The van der Waals surface area contributed by atoms with Crippen LogP contribution >= 0.6 is 0 Å². The van der Waals surface area contributed by atoms with Gasteiger partial charge < -0.3 is 10.2 Å². The van der Waals surface area contributed by atoms with Gasteiger partial charge in [-0.1, -0.05) is 6.07 Å². The lowest BCUT2D eigenvalue weighted by atomic mass is 10.2. The van der Waals surface area contributed by atoms with Crippen molar-refractivity contribution in [2.45, 2.75) is 19.0 Å². The second-order valence-electron chi connectivity index (χ2n) is 6.25. The van der Waals surface area contributed by atoms with Crippen molar-refractivity contribution in [3.8, 4) is 0 Å². The quantitative estimate of drug-likeness (QED) is 0.911. The van der Waals surface area contributed by atoms with Crippen LogP contribution in [0.3, 0.4) is 0 Å². The summed E-state index contributed by atoms with van der Waals surface area (Å²) < 4.78 is 26.3. The lowest BCUT2D eigenvalue weighted by Crippen LogP contribution is -2.26. The maximum Gasteiger partial charge on any atom is 0.226 e. The minimum absolute atomic E-state index is 0.278. The van der Waals surface area contributed by atoms with E-state index >= 15 is 0 Å². The molecule has 0 radical (unpaired) electrons. The first-order valence-corrected chi connectivity index (χ1v) is 7.94. The summed E-state index contributed by atoms with van der Waals surface area (Å²) in [6.45, 7) is 2.35. The number of nitrogens with zero attached hydrogens (tertiary/aromatic N) is 4. The Labute approximate surface area is 140 Å². The summed E-state index contributed by atoms with van der Waals surface area (Å²) in [5.41, 5.74) is 0.784. The van der Waals surface area contributed by atoms with E-state index in [1.54, 1.807) is 12.3 Å². The van der Waals surface area contributed by atoms with E-state index in [0.29, 0.717) is 12.5 Å². The number of anilines is 2. The van der Waals surface area contributed by atoms with Crippen LogP contribution in [-0.4, -0.2) is 48.1 Å². The summed E-state index contributed by atoms with van der Waals surface area (Å²) in [7, 11) is 3.80. The smallest absolute Gasteiger partial charge is 0.226 e. The molecule has 5 nitrogen and oxygen atoms in total. The summed E-state index contributed by atoms with van der Waals surface area (Å²) in [4.78, 5) is 12.7. The molecule has 3 rings (SSSR count). The van der Waals surface area contributed by atoms with Crippen LogP contribution in [0.25, 0.3) is 0 Å². The predicted molar refractivity (Wildman–Crippen MR) is 90.0 cm³/mol. The van der Waals surface area contributed by atoms with Crippen LogP contribution in [0.2, 0.25) is 0 Å². The molecule has 2 aromatic rings. The standard InChI is InChI=1S/C17H21F2N5/c1-23(2)17-20-7-5-16(22-17)21-13-6-8-24(11-13)10-12-3-4-14(18)15(19)9-12/h3-5,7,9,13H,6,8,10-11H2,1-2H3,(H,20,21,22). The second-order valence-corrected chi connectivity index (χ2v) is 6.25. The van der Waals surface area contributed by atoms with E-state index in [-0.39, 0.29) is 6.04 Å². The molecule has 0 saturated carbocycles. The summed E-state index contributed by atoms with van der Waals surface area (Å²) >= 11 is 0. The Kier molecular flexibility index (Phi) is 4.89. The Morgan fingerprint density at radius 2 is 2.08 bits per heavy atom. The van der Waals surface area contributed by atoms with Crippen molar-refractivity contribution < 1.29 is 8.78 Å². The minimum atomic E-state index is -0.805. The molecule has 0 spiro atoms. The molecule has 1 aromatic heterocycles. The van der Waals surface area contributed by atoms with E-state index in [4.69, 9.17) is 0 Å². The van der Waals surface area contributed by atoms with Crippen LogP contribution in [0.1, 0.15) is 12.0 Å². The molecule has 0 bridgehead atoms. The molecular formula is C17H21F2N5. The monoisotopic (exact) mass is 333 g/mol. The van der Waals surface area contributed by atoms with Gasteiger partial charge in [0.1, 0.15) is 5.82 Å². The van der Waals surface area contributed by atoms with Crippen molar-refractivity contribution in [2.75, 3.05) is 37.4 Å². The van der Waals surface area contributed by atoms with E-state index in [2.05, 4.69) is 20.2 Å². The van der Waals surface area contributed by atoms with Crippen LogP contribution in [0.5, 0.6) is 0 Å². The van der Waals surface area contributed by atoms with Crippen molar-refractivity contribution >= 4 is 11.8 Å². The Morgan fingerprint density at radius 1 is 1.25 bits per heavy atom. The van der Waals surface area contributed by atoms with Crippen LogP contribution in [0.15, 0.2) is 30.5 Å². The van der Waals surface area contributed by atoms with E-state index in [1.807, 2.05) is 25.1 Å². The van der Waals surface area contributed by atoms with E-state index in [1.165, 1.54) is 12.1 Å². The van der Waals surface area contributed by atoms with Gasteiger partial charge in [-0.2, -0.15) is 4.98 Å². The van der Waals surface area contributed by atoms with Gasteiger partial charge in [-0.25, -0.2) is 13.8 Å². The van der Waals surface area contributed by atoms with Crippen LogP contribution in [0, 0.1) is 11.6 Å². The van der Waals surface area contributed by atoms with Crippen LogP contribution in [-0.2, 0) is 6.54 Å². The molecule has 7 heteroatoms. The van der Waals surface area contributed by atoms with E-state index < -0.39 is 11.6 Å². The summed E-state index contributed by atoms with van der Waals surface area (Å²) in [5, 5.41) is 3.42. The Balaban J connectivity index is 1.57. The highest BCUT2D eigenvalue weighted by molar-refractivity contribution is 5.41. The van der Waals surface area contributed by atoms with Gasteiger partial charge in [0.25, 0.3) is 0 Å². The molecule has 2 heterocycles. The molecule has 1 aliphatic heterocycles. The Bertz CT molecular complexity index is 707. The van der Waals surface area contributed by atoms with Gasteiger partial charge in [0.05, 0.1) is 0 Å². The van der Waals surface area contributed by atoms with Gasteiger partial charge in [-0.15, -0.1) is 0 Å². The number of aromatic nitrogens is 2. The van der Waals surface area contributed by atoms with Crippen LogP contribution in [0.4, 0.5) is 20.5 Å². The molecule has 0 amide bonds. The van der Waals surface area contributed by atoms with Gasteiger partial charge in [-0.05, 0) is 30.2 Å². The largest absolute Gasteiger partial charge is 0.366 e. The van der Waals surface area contributed by atoms with E-state index in [9.17, 15) is 8.78 Å². The molecule has 1 atom stereocenters. The SMILES string of the molecule is CN(C)c1nccc(NC2CCN(Cc3ccc(F)c(F)c3)C2)n1. The van der Waals surface area contributed by atoms with Gasteiger partial charge in [0, 0.05) is 46.0 Å². The lowest BCUT2D eigenvalue weighted by Gasteiger charge is -2.18. The number of hydrogen-bond acceptors (Lipinski definition) is 5. The third-order valence-electron chi connectivity index (χ3n) is 4.06. The summed E-state index contributed by atoms with van der Waals surface area (Å²) in [5.74, 6) is -0.135. The highest BCUT2D eigenvalue weighted by Gasteiger charge is 2.23. The van der Waals surface area contributed by atoms with Gasteiger partial charge >= 0.3 is 0 Å². The van der Waals surface area contributed by atoms with Gasteiger partial charge in [-0.3, -0.25) is 4.90 Å². The first-order valence-electron chi connectivity index (χ1n) is 7.94. The molecule has 1 unspecified atom stereocenters. The number of nitrogens with one attached hydrogen (secondary N) is 1. The zero-order valence-electron chi connectivity index (χ0n) is 13.8. The number of halogens is 2. The first kappa shape index (κ1) is 16.6. The fraction of sp³-hybridized carbons (Fsp3) is 0.412. The molecule has 1 aliphatic rings. The molecular weight excluding hydrogens is 312 g/mol. The number of likely N-dealkylation sites (tertiary alicyclic amines) is 1. The lowest BCUT2D eigenvalue weighted by molar-refractivity contribution is 0.327. The molecule has 1 saturated heterocycles. The zero-order valence-corrected chi connectivity index (χ0v) is 13.8. The van der Waals surface area contributed by atoms with Gasteiger partial charge in [0.2, 0.25) is 5.95 Å². The Morgan fingerprint density at radius 3 is 2.83 bits per heavy atom. The molecule has 24 heavy (non-hydrogen) atoms. The number of hydrogen-bond donors (Lipinski definition) is 1. The van der Waals surface area contributed by atoms with Crippen molar-refractivity contribution in [3.63, 3.8) is 0 Å². The van der Waals surface area contributed by atoms with Crippen LogP contribution < -0.4 is 10.2 Å². The topological polar surface area (TPSA) is 44.3 Å². The summed E-state index contributed by atoms with van der Waals surface area (Å²) in [6, 6.07) is 6.21. The highest BCUT2D eigenvalue weighted by Crippen LogP contribution is 2.18. The first-order chi connectivity index (χ1) is 11.5. The minimum Gasteiger partial charge on any atom is -0.366 e. The van der Waals surface area contributed by atoms with Crippen molar-refractivity contribution in [3.05, 3.63) is 47.7 Å². The van der Waals surface area contributed by atoms with Crippen molar-refractivity contribution in [1.82, 2.24) is 14.9 Å². The highest BCUT2D eigenvalue weighted by atomic mass is 19.2. The molecule has 0 aliphatic carbocycles. The number of rotatable bonds is 5. The fourth-order valence-corrected chi connectivity index (χ4v) is 2.84. The third-order valence-corrected chi connectivity index (χ3v) is 4.06. The van der Waals surface area contributed by atoms with Crippen molar-refractivity contribution in [1.29, 1.82) is 0 Å². The average Bonchev–Trinajstić information content (AvgIpc) is 2.98.